The van der Waals surface area contributed by atoms with Gasteiger partial charge < -0.3 is 5.11 Å². The van der Waals surface area contributed by atoms with Crippen LogP contribution in [0.2, 0.25) is 0 Å². The maximum absolute atomic E-state index is 12.0. The molecular formula is C15H18O7. The van der Waals surface area contributed by atoms with Gasteiger partial charge >= 0.3 is 5.97 Å². The Labute approximate surface area is 127 Å². The van der Waals surface area contributed by atoms with Gasteiger partial charge in [0, 0.05) is 13.3 Å². The van der Waals surface area contributed by atoms with Crippen LogP contribution in [0.3, 0.4) is 0 Å². The number of carbonyl (C=O) groups excluding carboxylic acids is 5. The van der Waals surface area contributed by atoms with Gasteiger partial charge in [0.2, 0.25) is 17.3 Å². The van der Waals surface area contributed by atoms with Crippen molar-refractivity contribution in [1.29, 1.82) is 0 Å². The summed E-state index contributed by atoms with van der Waals surface area (Å²) in [6, 6.07) is 0. The van der Waals surface area contributed by atoms with Gasteiger partial charge in [0.1, 0.15) is 0 Å². The van der Waals surface area contributed by atoms with Crippen LogP contribution in [0.25, 0.3) is 0 Å². The average molecular weight is 310 g/mol. The van der Waals surface area contributed by atoms with Crippen LogP contribution in [0.5, 0.6) is 0 Å². The molecule has 1 rings (SSSR count). The molecule has 1 saturated carbocycles. The quantitative estimate of drug-likeness (QED) is 0.374. The van der Waals surface area contributed by atoms with Crippen LogP contribution >= 0.6 is 0 Å². The Hall–Kier alpha value is -2.18. The summed E-state index contributed by atoms with van der Waals surface area (Å²) in [7, 11) is 0. The second kappa shape index (κ2) is 7.72. The highest BCUT2D eigenvalue weighted by Crippen LogP contribution is 2.27. The molecule has 7 heteroatoms. The number of carboxylic acid groups (broad SMARTS) is 1. The Morgan fingerprint density at radius 2 is 1.55 bits per heavy atom. The molecule has 0 saturated heterocycles. The number of hydrogen-bond donors (Lipinski definition) is 1. The van der Waals surface area contributed by atoms with Gasteiger partial charge in [0.05, 0.1) is 5.92 Å². The normalized spacial score (nSPS) is 21.2. The molecule has 0 aromatic carbocycles. The molecule has 1 aliphatic rings. The van der Waals surface area contributed by atoms with Crippen LogP contribution < -0.4 is 0 Å². The van der Waals surface area contributed by atoms with Crippen molar-refractivity contribution in [1.82, 2.24) is 0 Å². The van der Waals surface area contributed by atoms with E-state index in [0.717, 1.165) is 6.92 Å². The predicted molar refractivity (Wildman–Crippen MR) is 73.0 cm³/mol. The van der Waals surface area contributed by atoms with Gasteiger partial charge in [-0.1, -0.05) is 19.3 Å². The number of carbonyl (C=O) groups is 6. The molecule has 1 N–H and O–H groups in total. The first kappa shape index (κ1) is 17.9. The fourth-order valence-electron chi connectivity index (χ4n) is 2.48. The topological polar surface area (TPSA) is 123 Å². The Morgan fingerprint density at radius 3 is 2.09 bits per heavy atom. The summed E-state index contributed by atoms with van der Waals surface area (Å²) in [6.07, 6.45) is 2.48. The first-order chi connectivity index (χ1) is 10.3. The third kappa shape index (κ3) is 4.16. The Morgan fingerprint density at radius 1 is 0.955 bits per heavy atom. The van der Waals surface area contributed by atoms with Crippen molar-refractivity contribution >= 4 is 34.9 Å². The lowest BCUT2D eigenvalue weighted by atomic mass is 9.93. The third-order valence-corrected chi connectivity index (χ3v) is 3.69. The summed E-state index contributed by atoms with van der Waals surface area (Å²) >= 11 is 0. The summed E-state index contributed by atoms with van der Waals surface area (Å²) in [6.45, 7) is 0.961. The van der Waals surface area contributed by atoms with Crippen molar-refractivity contribution < 1.29 is 33.9 Å². The summed E-state index contributed by atoms with van der Waals surface area (Å²) in [5.41, 5.74) is 0. The predicted octanol–water partition coefficient (Wildman–Crippen LogP) is 0.523. The van der Waals surface area contributed by atoms with Gasteiger partial charge in [-0.05, 0) is 12.8 Å². The van der Waals surface area contributed by atoms with E-state index in [-0.39, 0.29) is 12.8 Å². The first-order valence-electron chi connectivity index (χ1n) is 7.15. The molecule has 2 atom stereocenters. The molecule has 0 spiro atoms. The van der Waals surface area contributed by atoms with Gasteiger partial charge in [-0.3, -0.25) is 28.8 Å². The van der Waals surface area contributed by atoms with E-state index in [0.29, 0.717) is 25.7 Å². The fraction of sp³-hybridized carbons (Fsp3) is 0.600. The smallest absolute Gasteiger partial charge is 0.303 e. The zero-order chi connectivity index (χ0) is 16.9. The number of ketones is 5. The highest BCUT2D eigenvalue weighted by Gasteiger charge is 2.52. The molecule has 0 bridgehead atoms. The zero-order valence-electron chi connectivity index (χ0n) is 12.3. The van der Waals surface area contributed by atoms with E-state index in [1.54, 1.807) is 0 Å². The molecule has 0 radical (unpaired) electrons. The first-order valence-corrected chi connectivity index (χ1v) is 7.15. The lowest BCUT2D eigenvalue weighted by Crippen LogP contribution is -2.31. The second-order valence-electron chi connectivity index (χ2n) is 5.38. The van der Waals surface area contributed by atoms with Gasteiger partial charge in [-0.15, -0.1) is 0 Å². The molecule has 0 aliphatic heterocycles. The van der Waals surface area contributed by atoms with E-state index >= 15 is 0 Å². The van der Waals surface area contributed by atoms with E-state index in [4.69, 9.17) is 5.11 Å². The largest absolute Gasteiger partial charge is 0.481 e. The van der Waals surface area contributed by atoms with Gasteiger partial charge in [-0.25, -0.2) is 0 Å². The molecule has 0 heterocycles. The maximum Gasteiger partial charge on any atom is 0.303 e. The number of carboxylic acids is 1. The molecule has 0 aromatic heterocycles. The van der Waals surface area contributed by atoms with E-state index in [1.807, 2.05) is 0 Å². The summed E-state index contributed by atoms with van der Waals surface area (Å²) < 4.78 is 0. The number of hydrogen-bond acceptors (Lipinski definition) is 6. The number of aliphatic carboxylic acids is 1. The van der Waals surface area contributed by atoms with Crippen molar-refractivity contribution in [3.05, 3.63) is 0 Å². The van der Waals surface area contributed by atoms with Crippen molar-refractivity contribution in [3.8, 4) is 0 Å². The average Bonchev–Trinajstić information content (AvgIpc) is 2.64. The van der Waals surface area contributed by atoms with E-state index < -0.39 is 46.7 Å². The van der Waals surface area contributed by atoms with Crippen molar-refractivity contribution in [3.63, 3.8) is 0 Å². The van der Waals surface area contributed by atoms with Crippen LogP contribution in [0, 0.1) is 11.8 Å². The molecular weight excluding hydrogens is 292 g/mol. The van der Waals surface area contributed by atoms with Crippen molar-refractivity contribution in [2.24, 2.45) is 11.8 Å². The van der Waals surface area contributed by atoms with Crippen LogP contribution in [-0.2, 0) is 28.8 Å². The SMILES string of the molecule is CC(=O)C(=O)C1C(=O)C(=O)C(CCCCCCC(=O)O)C1=O. The fourth-order valence-corrected chi connectivity index (χ4v) is 2.48. The van der Waals surface area contributed by atoms with Crippen molar-refractivity contribution in [2.45, 2.75) is 45.4 Å². The third-order valence-electron chi connectivity index (χ3n) is 3.69. The van der Waals surface area contributed by atoms with Gasteiger partial charge in [0.25, 0.3) is 0 Å². The highest BCUT2D eigenvalue weighted by atomic mass is 16.4. The molecule has 22 heavy (non-hydrogen) atoms. The van der Waals surface area contributed by atoms with E-state index in [2.05, 4.69) is 0 Å². The zero-order valence-corrected chi connectivity index (χ0v) is 12.3. The van der Waals surface area contributed by atoms with E-state index in [1.165, 1.54) is 0 Å². The molecule has 7 nitrogen and oxygen atoms in total. The van der Waals surface area contributed by atoms with Crippen LogP contribution in [0.4, 0.5) is 0 Å². The summed E-state index contributed by atoms with van der Waals surface area (Å²) in [5.74, 6) is -8.54. The van der Waals surface area contributed by atoms with E-state index in [9.17, 15) is 28.8 Å². The monoisotopic (exact) mass is 310 g/mol. The van der Waals surface area contributed by atoms with Gasteiger partial charge in [-0.2, -0.15) is 0 Å². The molecule has 1 fully saturated rings. The van der Waals surface area contributed by atoms with Crippen LogP contribution in [0.1, 0.15) is 45.4 Å². The van der Waals surface area contributed by atoms with Gasteiger partial charge in [0.15, 0.2) is 17.5 Å². The highest BCUT2D eigenvalue weighted by molar-refractivity contribution is 6.61. The molecule has 120 valence electrons. The maximum atomic E-state index is 12.0. The van der Waals surface area contributed by atoms with Crippen LogP contribution in [0.15, 0.2) is 0 Å². The minimum atomic E-state index is -1.75. The molecule has 0 amide bonds. The lowest BCUT2D eigenvalue weighted by molar-refractivity contribution is -0.145. The minimum Gasteiger partial charge on any atom is -0.481 e. The minimum absolute atomic E-state index is 0.0644. The Bertz CT molecular complexity index is 532. The van der Waals surface area contributed by atoms with Crippen LogP contribution in [-0.4, -0.2) is 40.0 Å². The molecule has 2 unspecified atom stereocenters. The molecule has 0 aromatic rings. The second-order valence-corrected chi connectivity index (χ2v) is 5.38. The Kier molecular flexibility index (Phi) is 6.27. The standard InChI is InChI=1S/C15H18O7/c1-8(16)12(19)11-13(20)9(14(21)15(11)22)6-4-2-3-5-7-10(17)18/h9,11H,2-7H2,1H3,(H,17,18). The van der Waals surface area contributed by atoms with Crippen molar-refractivity contribution in [2.75, 3.05) is 0 Å². The Balaban J connectivity index is 2.51. The number of rotatable bonds is 9. The lowest BCUT2D eigenvalue weighted by Gasteiger charge is -2.06. The summed E-state index contributed by atoms with van der Waals surface area (Å²) in [5, 5.41) is 8.48. The molecule has 1 aliphatic carbocycles. The summed E-state index contributed by atoms with van der Waals surface area (Å²) in [4.78, 5) is 68.3. The number of Topliss-reactive ketones (excluding diaryl/α,β-unsaturated/α-hetero) is 5. The number of unbranched alkanes of at least 4 members (excludes halogenated alkanes) is 3.